The molecule has 0 bridgehead atoms. The van der Waals surface area contributed by atoms with E-state index in [1.54, 1.807) is 36.4 Å². The largest absolute Gasteiger partial charge is 0.508 e. The Balaban J connectivity index is 1.87. The summed E-state index contributed by atoms with van der Waals surface area (Å²) in [5.41, 5.74) is -1.25. The number of hydrogen-bond acceptors (Lipinski definition) is 5. The topological polar surface area (TPSA) is 78.8 Å². The van der Waals surface area contributed by atoms with Gasteiger partial charge in [0.2, 0.25) is 5.60 Å². The Hall–Kier alpha value is -2.37. The van der Waals surface area contributed by atoms with Crippen LogP contribution in [-0.4, -0.2) is 35.9 Å². The van der Waals surface area contributed by atoms with E-state index in [4.69, 9.17) is 4.74 Å². The van der Waals surface area contributed by atoms with Crippen LogP contribution in [0.15, 0.2) is 54.6 Å². The van der Waals surface area contributed by atoms with Gasteiger partial charge in [-0.05, 0) is 49.5 Å². The third-order valence-corrected chi connectivity index (χ3v) is 4.66. The maximum Gasteiger partial charge on any atom is 0.347 e. The third-order valence-electron chi connectivity index (χ3n) is 4.66. The first-order valence-electron chi connectivity index (χ1n) is 8.56. The number of aliphatic hydroxyl groups is 1. The van der Waals surface area contributed by atoms with Gasteiger partial charge in [0.1, 0.15) is 5.75 Å². The molecule has 0 amide bonds. The zero-order valence-electron chi connectivity index (χ0n) is 14.0. The van der Waals surface area contributed by atoms with Crippen LogP contribution < -0.4 is 5.32 Å². The van der Waals surface area contributed by atoms with Gasteiger partial charge in [0, 0.05) is 5.56 Å². The molecule has 1 aliphatic heterocycles. The molecule has 0 spiro atoms. The number of aromatic hydroxyl groups is 1. The molecule has 0 aromatic heterocycles. The van der Waals surface area contributed by atoms with Crippen LogP contribution in [0.25, 0.3) is 0 Å². The van der Waals surface area contributed by atoms with Gasteiger partial charge in [-0.15, -0.1) is 0 Å². The van der Waals surface area contributed by atoms with Gasteiger partial charge in [0.25, 0.3) is 0 Å². The van der Waals surface area contributed by atoms with E-state index in [2.05, 4.69) is 5.32 Å². The van der Waals surface area contributed by atoms with E-state index in [-0.39, 0.29) is 17.9 Å². The lowest BCUT2D eigenvalue weighted by atomic mass is 9.86. The van der Waals surface area contributed by atoms with Crippen LogP contribution in [0.4, 0.5) is 0 Å². The van der Waals surface area contributed by atoms with Crippen molar-refractivity contribution in [3.63, 3.8) is 0 Å². The number of phenols is 1. The highest BCUT2D eigenvalue weighted by Crippen LogP contribution is 2.33. The number of benzene rings is 2. The van der Waals surface area contributed by atoms with E-state index < -0.39 is 11.6 Å². The summed E-state index contributed by atoms with van der Waals surface area (Å²) >= 11 is 0. The lowest BCUT2D eigenvalue weighted by molar-refractivity contribution is -0.163. The minimum absolute atomic E-state index is 0.0157. The molecule has 0 saturated carbocycles. The zero-order chi connectivity index (χ0) is 17.7. The van der Waals surface area contributed by atoms with Crippen molar-refractivity contribution in [3.05, 3.63) is 65.7 Å². The van der Waals surface area contributed by atoms with Crippen molar-refractivity contribution in [1.29, 1.82) is 0 Å². The van der Waals surface area contributed by atoms with Gasteiger partial charge in [0.15, 0.2) is 0 Å². The third kappa shape index (κ3) is 3.83. The van der Waals surface area contributed by atoms with E-state index in [0.29, 0.717) is 11.5 Å². The number of nitrogens with one attached hydrogen (secondary N) is 1. The number of piperidine rings is 1. The molecule has 3 rings (SSSR count). The van der Waals surface area contributed by atoms with Crippen molar-refractivity contribution < 1.29 is 19.7 Å². The van der Waals surface area contributed by atoms with Gasteiger partial charge in [-0.25, -0.2) is 4.79 Å². The van der Waals surface area contributed by atoms with Crippen LogP contribution >= 0.6 is 0 Å². The molecular formula is C20H23NO4. The van der Waals surface area contributed by atoms with Crippen molar-refractivity contribution in [2.24, 2.45) is 5.92 Å². The van der Waals surface area contributed by atoms with Gasteiger partial charge < -0.3 is 20.3 Å². The first kappa shape index (κ1) is 17.5. The van der Waals surface area contributed by atoms with Crippen molar-refractivity contribution in [1.82, 2.24) is 5.32 Å². The summed E-state index contributed by atoms with van der Waals surface area (Å²) in [5.74, 6) is -0.435. The van der Waals surface area contributed by atoms with E-state index in [0.717, 1.165) is 25.9 Å². The Kier molecular flexibility index (Phi) is 5.36. The molecule has 132 valence electrons. The molecule has 2 aromatic rings. The SMILES string of the molecule is O=C(OCC1CCNCC1)[C@](O)(c1ccccc1)c1cccc(O)c1. The van der Waals surface area contributed by atoms with Crippen molar-refractivity contribution in [2.75, 3.05) is 19.7 Å². The second kappa shape index (κ2) is 7.68. The number of hydrogen-bond donors (Lipinski definition) is 3. The van der Waals surface area contributed by atoms with Crippen molar-refractivity contribution in [2.45, 2.75) is 18.4 Å². The van der Waals surface area contributed by atoms with Gasteiger partial charge in [-0.2, -0.15) is 0 Å². The van der Waals surface area contributed by atoms with E-state index in [9.17, 15) is 15.0 Å². The normalized spacial score (nSPS) is 17.6. The molecule has 5 nitrogen and oxygen atoms in total. The van der Waals surface area contributed by atoms with Crippen molar-refractivity contribution in [3.8, 4) is 5.75 Å². The Bertz CT molecular complexity index is 713. The standard InChI is InChI=1S/C20H23NO4/c22-18-8-4-7-17(13-18)20(24,16-5-2-1-3-6-16)19(23)25-14-15-9-11-21-12-10-15/h1-8,13,15,21-22,24H,9-12,14H2/t20-/m0/s1. The second-order valence-corrected chi connectivity index (χ2v) is 6.42. The molecule has 3 N–H and O–H groups in total. The van der Waals surface area contributed by atoms with Crippen LogP contribution in [0.1, 0.15) is 24.0 Å². The summed E-state index contributed by atoms with van der Waals surface area (Å²) in [6, 6.07) is 14.8. The highest BCUT2D eigenvalue weighted by Gasteiger charge is 2.42. The Labute approximate surface area is 147 Å². The number of carbonyl (C=O) groups excluding carboxylic acids is 1. The molecular weight excluding hydrogens is 318 g/mol. The monoisotopic (exact) mass is 341 g/mol. The maximum absolute atomic E-state index is 12.9. The van der Waals surface area contributed by atoms with Crippen molar-refractivity contribution >= 4 is 5.97 Å². The number of rotatable bonds is 5. The minimum atomic E-state index is -1.95. The summed E-state index contributed by atoms with van der Waals surface area (Å²) in [7, 11) is 0. The van der Waals surface area contributed by atoms with Gasteiger partial charge in [-0.1, -0.05) is 42.5 Å². The van der Waals surface area contributed by atoms with Crippen LogP contribution in [0.2, 0.25) is 0 Å². The Morgan fingerprint density at radius 1 is 1.08 bits per heavy atom. The molecule has 1 atom stereocenters. The molecule has 0 aliphatic carbocycles. The van der Waals surface area contributed by atoms with Crippen LogP contribution in [0, 0.1) is 5.92 Å². The molecule has 0 unspecified atom stereocenters. The quantitative estimate of drug-likeness (QED) is 0.727. The van der Waals surface area contributed by atoms with E-state index >= 15 is 0 Å². The molecule has 2 aromatic carbocycles. The fraction of sp³-hybridized carbons (Fsp3) is 0.350. The molecule has 1 heterocycles. The van der Waals surface area contributed by atoms with Gasteiger partial charge >= 0.3 is 5.97 Å². The smallest absolute Gasteiger partial charge is 0.347 e. The molecule has 1 saturated heterocycles. The highest BCUT2D eigenvalue weighted by atomic mass is 16.5. The van der Waals surface area contributed by atoms with E-state index in [1.165, 1.54) is 12.1 Å². The number of phenolic OH excluding ortho intramolecular Hbond substituents is 1. The number of ether oxygens (including phenoxy) is 1. The van der Waals surface area contributed by atoms with Crippen LogP contribution in [0.5, 0.6) is 5.75 Å². The number of esters is 1. The molecule has 1 aliphatic rings. The Morgan fingerprint density at radius 3 is 2.44 bits per heavy atom. The molecule has 25 heavy (non-hydrogen) atoms. The zero-order valence-corrected chi connectivity index (χ0v) is 14.0. The molecule has 1 fully saturated rings. The predicted octanol–water partition coefficient (Wildman–Crippen LogP) is 2.17. The second-order valence-electron chi connectivity index (χ2n) is 6.42. The van der Waals surface area contributed by atoms with Gasteiger partial charge in [-0.3, -0.25) is 0 Å². The highest BCUT2D eigenvalue weighted by molar-refractivity contribution is 5.85. The summed E-state index contributed by atoms with van der Waals surface area (Å²) in [6.07, 6.45) is 1.90. The fourth-order valence-corrected chi connectivity index (χ4v) is 3.16. The summed E-state index contributed by atoms with van der Waals surface area (Å²) in [4.78, 5) is 12.9. The summed E-state index contributed by atoms with van der Waals surface area (Å²) in [6.45, 7) is 2.12. The lowest BCUT2D eigenvalue weighted by Gasteiger charge is -2.29. The summed E-state index contributed by atoms with van der Waals surface area (Å²) < 4.78 is 5.50. The predicted molar refractivity (Wildman–Crippen MR) is 94.1 cm³/mol. The maximum atomic E-state index is 12.9. The van der Waals surface area contributed by atoms with Crippen LogP contribution in [0.3, 0.4) is 0 Å². The average Bonchev–Trinajstić information content (AvgIpc) is 2.67. The fourth-order valence-electron chi connectivity index (χ4n) is 3.16. The lowest BCUT2D eigenvalue weighted by Crippen LogP contribution is -2.40. The summed E-state index contributed by atoms with van der Waals surface area (Å²) in [5, 5.41) is 24.3. The molecule has 0 radical (unpaired) electrons. The van der Waals surface area contributed by atoms with Gasteiger partial charge in [0.05, 0.1) is 6.61 Å². The first-order chi connectivity index (χ1) is 12.1. The average molecular weight is 341 g/mol. The first-order valence-corrected chi connectivity index (χ1v) is 8.56. The Morgan fingerprint density at radius 2 is 1.76 bits per heavy atom. The van der Waals surface area contributed by atoms with Crippen LogP contribution in [-0.2, 0) is 15.1 Å². The number of carbonyl (C=O) groups is 1. The molecule has 5 heteroatoms. The minimum Gasteiger partial charge on any atom is -0.508 e. The van der Waals surface area contributed by atoms with E-state index in [1.807, 2.05) is 6.07 Å².